The molecule has 2 N–H and O–H groups in total. The molecule has 4 rings (SSSR count). The van der Waals surface area contributed by atoms with Crippen molar-refractivity contribution in [3.63, 3.8) is 0 Å². The summed E-state index contributed by atoms with van der Waals surface area (Å²) < 4.78 is 13.3. The van der Waals surface area contributed by atoms with Crippen molar-refractivity contribution >= 4 is 46.9 Å². The molecule has 0 bridgehead atoms. The van der Waals surface area contributed by atoms with Gasteiger partial charge in [0.25, 0.3) is 0 Å². The molecule has 2 heterocycles. The molecule has 1 amide bonds. The largest absolute Gasteiger partial charge is 0.495 e. The van der Waals surface area contributed by atoms with Crippen LogP contribution in [0.25, 0.3) is 0 Å². The van der Waals surface area contributed by atoms with E-state index in [-0.39, 0.29) is 5.91 Å². The summed E-state index contributed by atoms with van der Waals surface area (Å²) in [6.07, 6.45) is 2.96. The van der Waals surface area contributed by atoms with Crippen LogP contribution < -0.4 is 15.4 Å². The van der Waals surface area contributed by atoms with Crippen LogP contribution in [0.2, 0.25) is 0 Å². The number of ether oxygens (including phenoxy) is 2. The summed E-state index contributed by atoms with van der Waals surface area (Å²) in [6.45, 7) is 10.7. The Bertz CT molecular complexity index is 1140. The van der Waals surface area contributed by atoms with Gasteiger partial charge in [-0.15, -0.1) is 0 Å². The molecule has 36 heavy (non-hydrogen) atoms. The van der Waals surface area contributed by atoms with Gasteiger partial charge < -0.3 is 20.1 Å². The van der Waals surface area contributed by atoms with Crippen molar-refractivity contribution in [3.8, 4) is 5.75 Å². The molecular formula is C26H31N5O3S2. The molecule has 3 aromatic rings. The molecule has 10 heteroatoms. The maximum Gasteiger partial charge on any atom is 0.247 e. The van der Waals surface area contributed by atoms with Gasteiger partial charge in [0.15, 0.2) is 0 Å². The molecule has 0 atom stereocenters. The van der Waals surface area contributed by atoms with Crippen LogP contribution in [0.15, 0.2) is 82.2 Å². The van der Waals surface area contributed by atoms with E-state index in [2.05, 4.69) is 31.5 Å². The number of amides is 1. The molecule has 1 saturated heterocycles. The summed E-state index contributed by atoms with van der Waals surface area (Å²) in [5.41, 5.74) is 1.55. The topological polar surface area (TPSA) is 88.6 Å². The maximum atomic E-state index is 11.4. The standard InChI is InChI=1S/C24H25N5O3S2.C2H6/c1-3-22(30)26-17-4-7-19(8-5-17)33-23-10-11-25-24(28-23)27-18-6-9-21(20(16-18)31-2)34-29-12-14-32-15-13-29;1-2/h3-11,16H,1,12-15H2,2H3,(H,26,30)(H,25,27,28);1-2H3. The average molecular weight is 526 g/mol. The molecule has 0 spiro atoms. The van der Waals surface area contributed by atoms with Crippen LogP contribution in [-0.4, -0.2) is 53.6 Å². The molecule has 1 aromatic heterocycles. The van der Waals surface area contributed by atoms with E-state index in [0.717, 1.165) is 52.6 Å². The first-order valence-corrected chi connectivity index (χ1v) is 13.2. The van der Waals surface area contributed by atoms with Crippen LogP contribution in [0.1, 0.15) is 13.8 Å². The van der Waals surface area contributed by atoms with Gasteiger partial charge in [-0.1, -0.05) is 32.2 Å². The fourth-order valence-corrected chi connectivity index (χ4v) is 4.85. The number of morpholine rings is 1. The number of methoxy groups -OCH3 is 1. The van der Waals surface area contributed by atoms with E-state index in [1.54, 1.807) is 25.3 Å². The van der Waals surface area contributed by atoms with Gasteiger partial charge in [0.1, 0.15) is 10.8 Å². The number of rotatable bonds is 9. The lowest BCUT2D eigenvalue weighted by Gasteiger charge is -2.26. The van der Waals surface area contributed by atoms with Gasteiger partial charge >= 0.3 is 0 Å². The number of anilines is 3. The Kier molecular flexibility index (Phi) is 11.1. The van der Waals surface area contributed by atoms with E-state index in [1.807, 2.05) is 62.4 Å². The number of hydrogen-bond acceptors (Lipinski definition) is 9. The highest BCUT2D eigenvalue weighted by atomic mass is 32.2. The zero-order valence-corrected chi connectivity index (χ0v) is 22.3. The van der Waals surface area contributed by atoms with Crippen LogP contribution in [0.4, 0.5) is 17.3 Å². The first kappa shape index (κ1) is 27.5. The maximum absolute atomic E-state index is 11.4. The summed E-state index contributed by atoms with van der Waals surface area (Å²) in [7, 11) is 1.67. The highest BCUT2D eigenvalue weighted by molar-refractivity contribution is 7.99. The van der Waals surface area contributed by atoms with E-state index in [1.165, 1.54) is 17.8 Å². The van der Waals surface area contributed by atoms with Crippen molar-refractivity contribution in [1.29, 1.82) is 0 Å². The number of benzene rings is 2. The molecule has 190 valence electrons. The number of aromatic nitrogens is 2. The lowest BCUT2D eigenvalue weighted by atomic mass is 10.3. The summed E-state index contributed by atoms with van der Waals surface area (Å²) in [5.74, 6) is 1.04. The quantitative estimate of drug-likeness (QED) is 0.202. The Morgan fingerprint density at radius 1 is 1.11 bits per heavy atom. The minimum absolute atomic E-state index is 0.240. The second-order valence-electron chi connectivity index (χ2n) is 7.16. The van der Waals surface area contributed by atoms with Crippen molar-refractivity contribution in [2.75, 3.05) is 44.0 Å². The molecule has 1 aliphatic heterocycles. The van der Waals surface area contributed by atoms with Gasteiger partial charge in [-0.25, -0.2) is 14.3 Å². The zero-order chi connectivity index (χ0) is 25.8. The predicted octanol–water partition coefficient (Wildman–Crippen LogP) is 5.87. The second kappa shape index (κ2) is 14.5. The molecule has 0 saturated carbocycles. The van der Waals surface area contributed by atoms with Crippen LogP contribution in [-0.2, 0) is 9.53 Å². The van der Waals surface area contributed by atoms with Crippen LogP contribution in [0.3, 0.4) is 0 Å². The molecule has 0 radical (unpaired) electrons. The van der Waals surface area contributed by atoms with Gasteiger partial charge in [-0.3, -0.25) is 4.79 Å². The van der Waals surface area contributed by atoms with E-state index < -0.39 is 0 Å². The van der Waals surface area contributed by atoms with Gasteiger partial charge in [0.05, 0.1) is 25.2 Å². The van der Waals surface area contributed by atoms with Gasteiger partial charge in [-0.05, 0) is 60.5 Å². The Labute approximate surface area is 221 Å². The first-order valence-electron chi connectivity index (χ1n) is 11.6. The highest BCUT2D eigenvalue weighted by Gasteiger charge is 2.15. The molecule has 0 unspecified atom stereocenters. The van der Waals surface area contributed by atoms with Gasteiger partial charge in [-0.2, -0.15) is 0 Å². The lowest BCUT2D eigenvalue weighted by molar-refractivity contribution is -0.111. The van der Waals surface area contributed by atoms with Crippen molar-refractivity contribution < 1.29 is 14.3 Å². The molecule has 8 nitrogen and oxygen atoms in total. The zero-order valence-electron chi connectivity index (χ0n) is 20.7. The number of hydrogen-bond donors (Lipinski definition) is 2. The van der Waals surface area contributed by atoms with Crippen molar-refractivity contribution in [2.24, 2.45) is 0 Å². The van der Waals surface area contributed by atoms with E-state index >= 15 is 0 Å². The third-order valence-corrected chi connectivity index (χ3v) is 6.88. The Morgan fingerprint density at radius 3 is 2.53 bits per heavy atom. The van der Waals surface area contributed by atoms with Crippen molar-refractivity contribution in [2.45, 2.75) is 28.7 Å². The van der Waals surface area contributed by atoms with E-state index in [4.69, 9.17) is 9.47 Å². The summed E-state index contributed by atoms with van der Waals surface area (Å²) in [5, 5.41) is 6.79. The minimum Gasteiger partial charge on any atom is -0.495 e. The third kappa shape index (κ3) is 8.27. The third-order valence-electron chi connectivity index (χ3n) is 4.78. The average Bonchev–Trinajstić information content (AvgIpc) is 2.92. The second-order valence-corrected chi connectivity index (χ2v) is 9.39. The minimum atomic E-state index is -0.240. The highest BCUT2D eigenvalue weighted by Crippen LogP contribution is 2.35. The molecule has 2 aromatic carbocycles. The van der Waals surface area contributed by atoms with E-state index in [9.17, 15) is 4.79 Å². The molecule has 1 aliphatic rings. The Morgan fingerprint density at radius 2 is 1.83 bits per heavy atom. The summed E-state index contributed by atoms with van der Waals surface area (Å²) in [4.78, 5) is 22.4. The monoisotopic (exact) mass is 525 g/mol. The smallest absolute Gasteiger partial charge is 0.247 e. The van der Waals surface area contributed by atoms with Gasteiger partial charge in [0.2, 0.25) is 11.9 Å². The summed E-state index contributed by atoms with van der Waals surface area (Å²) >= 11 is 3.19. The van der Waals surface area contributed by atoms with Crippen LogP contribution in [0.5, 0.6) is 5.75 Å². The fourth-order valence-electron chi connectivity index (χ4n) is 3.11. The Hall–Kier alpha value is -3.05. The first-order chi connectivity index (χ1) is 17.6. The van der Waals surface area contributed by atoms with Crippen molar-refractivity contribution in [3.05, 3.63) is 67.4 Å². The number of nitrogens with one attached hydrogen (secondary N) is 2. The SMILES string of the molecule is C=CC(=O)Nc1ccc(Sc2ccnc(Nc3ccc(SN4CCOCC4)c(OC)c3)n2)cc1.CC. The number of carbonyl (C=O) groups is 1. The lowest BCUT2D eigenvalue weighted by Crippen LogP contribution is -2.30. The normalized spacial score (nSPS) is 13.2. The van der Waals surface area contributed by atoms with E-state index in [0.29, 0.717) is 11.6 Å². The summed E-state index contributed by atoms with van der Waals surface area (Å²) in [6, 6.07) is 15.4. The fraction of sp³-hybridized carbons (Fsp3) is 0.269. The van der Waals surface area contributed by atoms with Crippen LogP contribution in [0, 0.1) is 0 Å². The number of nitrogens with zero attached hydrogens (tertiary/aromatic N) is 3. The Balaban J connectivity index is 0.00000176. The van der Waals surface area contributed by atoms with Crippen LogP contribution >= 0.6 is 23.7 Å². The molecular weight excluding hydrogens is 494 g/mol. The predicted molar refractivity (Wildman–Crippen MR) is 147 cm³/mol. The molecule has 0 aliphatic carbocycles. The van der Waals surface area contributed by atoms with Gasteiger partial charge in [0, 0.05) is 41.6 Å². The molecule has 1 fully saturated rings. The number of carbonyl (C=O) groups excluding carboxylic acids is 1. The van der Waals surface area contributed by atoms with Crippen molar-refractivity contribution in [1.82, 2.24) is 14.3 Å².